The predicted octanol–water partition coefficient (Wildman–Crippen LogP) is 3.49. The zero-order chi connectivity index (χ0) is 14.5. The van der Waals surface area contributed by atoms with Crippen LogP contribution in [0.4, 0.5) is 0 Å². The average molecular weight is 280 g/mol. The van der Waals surface area contributed by atoms with Crippen molar-refractivity contribution in [2.45, 2.75) is 25.2 Å². The van der Waals surface area contributed by atoms with E-state index in [4.69, 9.17) is 0 Å². The minimum absolute atomic E-state index is 0.103. The highest BCUT2D eigenvalue weighted by atomic mass is 16.2. The van der Waals surface area contributed by atoms with Gasteiger partial charge in [0.1, 0.15) is 0 Å². The lowest BCUT2D eigenvalue weighted by atomic mass is 9.94. The average Bonchev–Trinajstić information content (AvgIpc) is 2.82. The van der Waals surface area contributed by atoms with Gasteiger partial charge < -0.3 is 4.90 Å². The lowest BCUT2D eigenvalue weighted by molar-refractivity contribution is 0.0754. The number of pyridine rings is 1. The largest absolute Gasteiger partial charge is 0.338 e. The SMILES string of the molecule is O=C(c1cccnc1)N1CCCCC(c2ccccc2)C1. The molecule has 0 saturated carbocycles. The van der Waals surface area contributed by atoms with E-state index in [1.807, 2.05) is 23.1 Å². The Kier molecular flexibility index (Phi) is 4.29. The van der Waals surface area contributed by atoms with Gasteiger partial charge in [-0.25, -0.2) is 0 Å². The van der Waals surface area contributed by atoms with Crippen LogP contribution in [-0.2, 0) is 0 Å². The van der Waals surface area contributed by atoms with Crippen LogP contribution in [0.1, 0.15) is 41.1 Å². The molecule has 3 rings (SSSR count). The zero-order valence-corrected chi connectivity index (χ0v) is 12.1. The van der Waals surface area contributed by atoms with Crippen molar-refractivity contribution < 1.29 is 4.79 Å². The number of amides is 1. The predicted molar refractivity (Wildman–Crippen MR) is 83.2 cm³/mol. The van der Waals surface area contributed by atoms with Crippen LogP contribution < -0.4 is 0 Å². The van der Waals surface area contributed by atoms with E-state index in [0.717, 1.165) is 25.9 Å². The molecule has 0 bridgehead atoms. The molecule has 1 saturated heterocycles. The smallest absolute Gasteiger partial charge is 0.255 e. The second kappa shape index (κ2) is 6.53. The summed E-state index contributed by atoms with van der Waals surface area (Å²) in [5.74, 6) is 0.542. The number of hydrogen-bond donors (Lipinski definition) is 0. The topological polar surface area (TPSA) is 33.2 Å². The molecule has 1 fully saturated rings. The summed E-state index contributed by atoms with van der Waals surface area (Å²) < 4.78 is 0. The lowest BCUT2D eigenvalue weighted by Gasteiger charge is -2.24. The van der Waals surface area contributed by atoms with E-state index in [0.29, 0.717) is 11.5 Å². The Labute approximate surface area is 125 Å². The molecular weight excluding hydrogens is 260 g/mol. The van der Waals surface area contributed by atoms with Crippen molar-refractivity contribution in [3.8, 4) is 0 Å². The van der Waals surface area contributed by atoms with Gasteiger partial charge in [-0.1, -0.05) is 36.8 Å². The molecule has 1 atom stereocenters. The number of carbonyl (C=O) groups is 1. The Morgan fingerprint density at radius 1 is 1.10 bits per heavy atom. The molecule has 21 heavy (non-hydrogen) atoms. The first-order valence-corrected chi connectivity index (χ1v) is 7.59. The standard InChI is InChI=1S/C18H20N2O/c21-18(16-10-6-11-19-13-16)20-12-5-4-9-17(14-20)15-7-2-1-3-8-15/h1-3,6-8,10-11,13,17H,4-5,9,12,14H2. The molecule has 2 heterocycles. The van der Waals surface area contributed by atoms with Gasteiger partial charge in [-0.3, -0.25) is 9.78 Å². The van der Waals surface area contributed by atoms with Gasteiger partial charge in [0.15, 0.2) is 0 Å². The van der Waals surface area contributed by atoms with Crippen LogP contribution in [0.15, 0.2) is 54.9 Å². The van der Waals surface area contributed by atoms with Gasteiger partial charge in [0.25, 0.3) is 5.91 Å². The van der Waals surface area contributed by atoms with Gasteiger partial charge in [0, 0.05) is 31.4 Å². The highest BCUT2D eigenvalue weighted by molar-refractivity contribution is 5.93. The fourth-order valence-corrected chi connectivity index (χ4v) is 3.00. The number of rotatable bonds is 2. The number of carbonyl (C=O) groups excluding carboxylic acids is 1. The van der Waals surface area contributed by atoms with E-state index >= 15 is 0 Å². The molecule has 0 spiro atoms. The molecule has 1 aromatic carbocycles. The van der Waals surface area contributed by atoms with Crippen molar-refractivity contribution in [3.05, 3.63) is 66.0 Å². The van der Waals surface area contributed by atoms with Crippen LogP contribution in [0.3, 0.4) is 0 Å². The molecular formula is C18H20N2O. The molecule has 1 aliphatic heterocycles. The van der Waals surface area contributed by atoms with E-state index < -0.39 is 0 Å². The maximum atomic E-state index is 12.6. The summed E-state index contributed by atoms with van der Waals surface area (Å²) in [6, 6.07) is 14.2. The minimum Gasteiger partial charge on any atom is -0.338 e. The molecule has 2 aromatic rings. The Bertz CT molecular complexity index is 583. The van der Waals surface area contributed by atoms with Gasteiger partial charge in [-0.15, -0.1) is 0 Å². The summed E-state index contributed by atoms with van der Waals surface area (Å²) in [5, 5.41) is 0. The van der Waals surface area contributed by atoms with Crippen molar-refractivity contribution in [1.82, 2.24) is 9.88 Å². The Morgan fingerprint density at radius 3 is 2.71 bits per heavy atom. The van der Waals surface area contributed by atoms with Gasteiger partial charge in [0.2, 0.25) is 0 Å². The highest BCUT2D eigenvalue weighted by Gasteiger charge is 2.23. The van der Waals surface area contributed by atoms with Crippen LogP contribution in [0.2, 0.25) is 0 Å². The molecule has 1 amide bonds. The van der Waals surface area contributed by atoms with E-state index in [1.54, 1.807) is 12.4 Å². The Balaban J connectivity index is 1.78. The summed E-state index contributed by atoms with van der Waals surface area (Å²) in [4.78, 5) is 18.7. The van der Waals surface area contributed by atoms with E-state index in [-0.39, 0.29) is 5.91 Å². The summed E-state index contributed by atoms with van der Waals surface area (Å²) >= 11 is 0. The van der Waals surface area contributed by atoms with Crippen molar-refractivity contribution in [1.29, 1.82) is 0 Å². The van der Waals surface area contributed by atoms with E-state index in [2.05, 4.69) is 29.2 Å². The van der Waals surface area contributed by atoms with Crippen LogP contribution in [0.5, 0.6) is 0 Å². The molecule has 0 aliphatic carbocycles. The molecule has 3 nitrogen and oxygen atoms in total. The maximum Gasteiger partial charge on any atom is 0.255 e. The first kappa shape index (κ1) is 13.8. The summed E-state index contributed by atoms with van der Waals surface area (Å²) in [6.45, 7) is 1.65. The summed E-state index contributed by atoms with van der Waals surface area (Å²) in [7, 11) is 0. The van der Waals surface area contributed by atoms with Crippen LogP contribution in [0.25, 0.3) is 0 Å². The van der Waals surface area contributed by atoms with Crippen LogP contribution >= 0.6 is 0 Å². The monoisotopic (exact) mass is 280 g/mol. The van der Waals surface area contributed by atoms with Gasteiger partial charge in [-0.05, 0) is 30.5 Å². The second-order valence-corrected chi connectivity index (χ2v) is 5.60. The minimum atomic E-state index is 0.103. The van der Waals surface area contributed by atoms with Crippen molar-refractivity contribution in [3.63, 3.8) is 0 Å². The van der Waals surface area contributed by atoms with Crippen LogP contribution in [-0.4, -0.2) is 28.9 Å². The fourth-order valence-electron chi connectivity index (χ4n) is 3.00. The number of aromatic nitrogens is 1. The summed E-state index contributed by atoms with van der Waals surface area (Å²) in [5.41, 5.74) is 2.02. The number of nitrogens with zero attached hydrogens (tertiary/aromatic N) is 2. The highest BCUT2D eigenvalue weighted by Crippen LogP contribution is 2.27. The quantitative estimate of drug-likeness (QED) is 0.843. The third-order valence-electron chi connectivity index (χ3n) is 4.14. The first-order valence-electron chi connectivity index (χ1n) is 7.59. The third kappa shape index (κ3) is 3.30. The van der Waals surface area contributed by atoms with Gasteiger partial charge in [0.05, 0.1) is 5.56 Å². The van der Waals surface area contributed by atoms with Crippen LogP contribution in [0, 0.1) is 0 Å². The molecule has 3 heteroatoms. The van der Waals surface area contributed by atoms with E-state index in [9.17, 15) is 4.79 Å². The van der Waals surface area contributed by atoms with Crippen molar-refractivity contribution in [2.75, 3.05) is 13.1 Å². The lowest BCUT2D eigenvalue weighted by Crippen LogP contribution is -2.34. The Morgan fingerprint density at radius 2 is 1.95 bits per heavy atom. The van der Waals surface area contributed by atoms with Crippen molar-refractivity contribution >= 4 is 5.91 Å². The molecule has 1 unspecified atom stereocenters. The number of benzene rings is 1. The van der Waals surface area contributed by atoms with E-state index in [1.165, 1.54) is 12.0 Å². The molecule has 1 aromatic heterocycles. The number of hydrogen-bond acceptors (Lipinski definition) is 2. The normalized spacial score (nSPS) is 19.0. The maximum absolute atomic E-state index is 12.6. The fraction of sp³-hybridized carbons (Fsp3) is 0.333. The molecule has 1 aliphatic rings. The zero-order valence-electron chi connectivity index (χ0n) is 12.1. The van der Waals surface area contributed by atoms with Gasteiger partial charge >= 0.3 is 0 Å². The molecule has 0 N–H and O–H groups in total. The summed E-state index contributed by atoms with van der Waals surface area (Å²) in [6.07, 6.45) is 6.77. The third-order valence-corrected chi connectivity index (χ3v) is 4.14. The number of likely N-dealkylation sites (tertiary alicyclic amines) is 1. The second-order valence-electron chi connectivity index (χ2n) is 5.60. The Hall–Kier alpha value is -2.16. The molecule has 0 radical (unpaired) electrons. The first-order chi connectivity index (χ1) is 10.3. The van der Waals surface area contributed by atoms with Crippen molar-refractivity contribution in [2.24, 2.45) is 0 Å². The van der Waals surface area contributed by atoms with Gasteiger partial charge in [-0.2, -0.15) is 0 Å². The molecule has 108 valence electrons.